The third-order valence-electron chi connectivity index (χ3n) is 4.61. The van der Waals surface area contributed by atoms with Crippen LogP contribution in [-0.4, -0.2) is 35.1 Å². The highest BCUT2D eigenvalue weighted by Gasteiger charge is 2.15. The van der Waals surface area contributed by atoms with Crippen molar-refractivity contribution in [3.8, 4) is 28.4 Å². The first kappa shape index (κ1) is 17.6. The molecule has 0 spiro atoms. The molecule has 6 heteroatoms. The molecule has 0 aliphatic carbocycles. The van der Waals surface area contributed by atoms with Crippen LogP contribution in [0.3, 0.4) is 0 Å². The molecule has 0 amide bonds. The molecule has 6 nitrogen and oxygen atoms in total. The average Bonchev–Trinajstić information content (AvgIpc) is 3.12. The number of ether oxygens (including phenoxy) is 2. The van der Waals surface area contributed by atoms with Crippen LogP contribution in [0.25, 0.3) is 27.8 Å². The van der Waals surface area contributed by atoms with E-state index >= 15 is 0 Å². The normalized spacial score (nSPS) is 10.8. The number of fused-ring (bicyclic) bond motifs is 1. The van der Waals surface area contributed by atoms with Gasteiger partial charge in [-0.05, 0) is 60.7 Å². The number of rotatable bonds is 5. The van der Waals surface area contributed by atoms with Crippen molar-refractivity contribution in [2.24, 2.45) is 0 Å². The molecule has 3 aromatic carbocycles. The van der Waals surface area contributed by atoms with Gasteiger partial charge in [0.05, 0.1) is 31.0 Å². The number of carboxylic acid groups (broad SMARTS) is 1. The fourth-order valence-corrected chi connectivity index (χ4v) is 3.13. The Morgan fingerprint density at radius 3 is 2.14 bits per heavy atom. The molecule has 0 saturated carbocycles. The maximum atomic E-state index is 11.1. The zero-order valence-electron chi connectivity index (χ0n) is 15.4. The number of hydrogen-bond donors (Lipinski definition) is 1. The minimum absolute atomic E-state index is 0.230. The van der Waals surface area contributed by atoms with E-state index in [1.165, 1.54) is 0 Å². The highest BCUT2D eigenvalue weighted by molar-refractivity contribution is 5.95. The molecule has 1 heterocycles. The monoisotopic (exact) mass is 374 g/mol. The Bertz CT molecular complexity index is 1150. The van der Waals surface area contributed by atoms with Gasteiger partial charge in [0.15, 0.2) is 0 Å². The summed E-state index contributed by atoms with van der Waals surface area (Å²) in [5.41, 5.74) is 3.64. The highest BCUT2D eigenvalue weighted by atomic mass is 16.5. The van der Waals surface area contributed by atoms with Gasteiger partial charge >= 0.3 is 5.97 Å². The molecule has 4 aromatic rings. The zero-order chi connectivity index (χ0) is 19.7. The van der Waals surface area contributed by atoms with Crippen molar-refractivity contribution in [1.82, 2.24) is 9.78 Å². The van der Waals surface area contributed by atoms with Crippen LogP contribution in [-0.2, 0) is 0 Å². The van der Waals surface area contributed by atoms with E-state index in [1.807, 2.05) is 42.5 Å². The van der Waals surface area contributed by atoms with E-state index < -0.39 is 5.97 Å². The summed E-state index contributed by atoms with van der Waals surface area (Å²) in [7, 11) is 3.25. The van der Waals surface area contributed by atoms with E-state index in [0.29, 0.717) is 0 Å². The first-order chi connectivity index (χ1) is 13.6. The summed E-state index contributed by atoms with van der Waals surface area (Å²) in [6.45, 7) is 0. The van der Waals surface area contributed by atoms with Crippen molar-refractivity contribution in [2.75, 3.05) is 14.2 Å². The lowest BCUT2D eigenvalue weighted by atomic mass is 10.1. The Balaban J connectivity index is 1.90. The predicted octanol–water partition coefficient (Wildman–Crippen LogP) is 4.41. The molecule has 0 saturated heterocycles. The van der Waals surface area contributed by atoms with Gasteiger partial charge in [0.1, 0.15) is 17.2 Å². The van der Waals surface area contributed by atoms with E-state index in [2.05, 4.69) is 0 Å². The summed E-state index contributed by atoms with van der Waals surface area (Å²) in [6, 6.07) is 20.1. The lowest BCUT2D eigenvalue weighted by molar-refractivity contribution is 0.0697. The molecule has 140 valence electrons. The molecule has 0 radical (unpaired) electrons. The minimum atomic E-state index is -0.961. The quantitative estimate of drug-likeness (QED) is 0.560. The van der Waals surface area contributed by atoms with Crippen LogP contribution in [0.5, 0.6) is 11.5 Å². The Kier molecular flexibility index (Phi) is 4.45. The predicted molar refractivity (Wildman–Crippen MR) is 107 cm³/mol. The number of carbonyl (C=O) groups is 1. The number of methoxy groups -OCH3 is 2. The first-order valence-electron chi connectivity index (χ1n) is 8.65. The number of benzene rings is 3. The molecule has 0 fully saturated rings. The van der Waals surface area contributed by atoms with E-state index in [1.54, 1.807) is 43.2 Å². The van der Waals surface area contributed by atoms with Crippen molar-refractivity contribution in [2.45, 2.75) is 0 Å². The molecule has 1 N–H and O–H groups in total. The van der Waals surface area contributed by atoms with Crippen molar-refractivity contribution in [3.05, 3.63) is 72.3 Å². The van der Waals surface area contributed by atoms with Crippen molar-refractivity contribution >= 4 is 16.9 Å². The van der Waals surface area contributed by atoms with Crippen LogP contribution in [0.2, 0.25) is 0 Å². The Hall–Kier alpha value is -3.80. The average molecular weight is 374 g/mol. The van der Waals surface area contributed by atoms with Gasteiger partial charge < -0.3 is 14.6 Å². The van der Waals surface area contributed by atoms with Crippen LogP contribution in [0, 0.1) is 0 Å². The number of carboxylic acids is 1. The van der Waals surface area contributed by atoms with Crippen LogP contribution in [0.1, 0.15) is 10.4 Å². The van der Waals surface area contributed by atoms with Gasteiger partial charge in [-0.1, -0.05) is 0 Å². The van der Waals surface area contributed by atoms with E-state index in [-0.39, 0.29) is 5.56 Å². The van der Waals surface area contributed by atoms with Crippen LogP contribution in [0.4, 0.5) is 0 Å². The number of aromatic carboxylic acids is 1. The minimum Gasteiger partial charge on any atom is -0.497 e. The molecule has 0 aliphatic rings. The fraction of sp³-hybridized carbons (Fsp3) is 0.0909. The number of nitrogens with zero attached hydrogens (tertiary/aromatic N) is 2. The molecule has 0 aliphatic heterocycles. The Morgan fingerprint density at radius 1 is 0.893 bits per heavy atom. The SMILES string of the molecule is COc1ccc(-c2nn(-c3ccc(C(=O)O)cc3)c3cc(OC)ccc23)cc1. The van der Waals surface area contributed by atoms with Gasteiger partial charge in [0, 0.05) is 17.0 Å². The molecule has 28 heavy (non-hydrogen) atoms. The second kappa shape index (κ2) is 7.08. The van der Waals surface area contributed by atoms with E-state index in [0.717, 1.165) is 39.3 Å². The molecular weight excluding hydrogens is 356 g/mol. The summed E-state index contributed by atoms with van der Waals surface area (Å²) in [4.78, 5) is 11.1. The second-order valence-corrected chi connectivity index (χ2v) is 6.22. The van der Waals surface area contributed by atoms with Crippen molar-refractivity contribution < 1.29 is 19.4 Å². The maximum absolute atomic E-state index is 11.1. The van der Waals surface area contributed by atoms with Gasteiger partial charge in [-0.3, -0.25) is 0 Å². The molecule has 0 unspecified atom stereocenters. The molecular formula is C22H18N2O4. The molecule has 4 rings (SSSR count). The van der Waals surface area contributed by atoms with Gasteiger partial charge in [0.25, 0.3) is 0 Å². The van der Waals surface area contributed by atoms with E-state index in [4.69, 9.17) is 19.7 Å². The summed E-state index contributed by atoms with van der Waals surface area (Å²) < 4.78 is 12.4. The van der Waals surface area contributed by atoms with Crippen LogP contribution < -0.4 is 9.47 Å². The summed E-state index contributed by atoms with van der Waals surface area (Å²) in [6.07, 6.45) is 0. The zero-order valence-corrected chi connectivity index (χ0v) is 15.4. The number of hydrogen-bond acceptors (Lipinski definition) is 4. The van der Waals surface area contributed by atoms with Gasteiger partial charge in [0.2, 0.25) is 0 Å². The lowest BCUT2D eigenvalue weighted by Crippen LogP contribution is -2.00. The summed E-state index contributed by atoms with van der Waals surface area (Å²) >= 11 is 0. The van der Waals surface area contributed by atoms with Crippen LogP contribution in [0.15, 0.2) is 66.7 Å². The topological polar surface area (TPSA) is 73.6 Å². The fourth-order valence-electron chi connectivity index (χ4n) is 3.13. The maximum Gasteiger partial charge on any atom is 0.335 e. The van der Waals surface area contributed by atoms with Gasteiger partial charge in [-0.25, -0.2) is 9.48 Å². The Labute approximate surface area is 161 Å². The smallest absolute Gasteiger partial charge is 0.335 e. The van der Waals surface area contributed by atoms with Crippen molar-refractivity contribution in [3.63, 3.8) is 0 Å². The molecule has 0 bridgehead atoms. The standard InChI is InChI=1S/C22H18N2O4/c1-27-17-9-5-14(6-10-17)21-19-12-11-18(28-2)13-20(19)24(23-21)16-7-3-15(4-8-16)22(25)26/h3-13H,1-2H3,(H,25,26). The second-order valence-electron chi connectivity index (χ2n) is 6.22. The molecule has 0 atom stereocenters. The van der Waals surface area contributed by atoms with Gasteiger partial charge in [-0.2, -0.15) is 5.10 Å². The summed E-state index contributed by atoms with van der Waals surface area (Å²) in [5.74, 6) is 0.535. The lowest BCUT2D eigenvalue weighted by Gasteiger charge is -2.05. The highest BCUT2D eigenvalue weighted by Crippen LogP contribution is 2.33. The van der Waals surface area contributed by atoms with Crippen molar-refractivity contribution in [1.29, 1.82) is 0 Å². The largest absolute Gasteiger partial charge is 0.497 e. The Morgan fingerprint density at radius 2 is 1.54 bits per heavy atom. The summed E-state index contributed by atoms with van der Waals surface area (Å²) in [5, 5.41) is 14.9. The third-order valence-corrected chi connectivity index (χ3v) is 4.61. The van der Waals surface area contributed by atoms with Gasteiger partial charge in [-0.15, -0.1) is 0 Å². The van der Waals surface area contributed by atoms with Crippen LogP contribution >= 0.6 is 0 Å². The third kappa shape index (κ3) is 3.05. The number of aromatic nitrogens is 2. The first-order valence-corrected chi connectivity index (χ1v) is 8.65. The van der Waals surface area contributed by atoms with E-state index in [9.17, 15) is 4.79 Å². The molecule has 1 aromatic heterocycles.